The quantitative estimate of drug-likeness (QED) is 0.0971. The van der Waals surface area contributed by atoms with Crippen molar-refractivity contribution in [2.45, 2.75) is 58.7 Å². The number of benzene rings is 1. The zero-order valence-corrected chi connectivity index (χ0v) is 17.5. The second-order valence-electron chi connectivity index (χ2n) is 7.92. The Bertz CT molecular complexity index is 663. The highest BCUT2D eigenvalue weighted by molar-refractivity contribution is 6.74. The fourth-order valence-corrected chi connectivity index (χ4v) is 3.13. The Morgan fingerprint density at radius 3 is 2.40 bits per heavy atom. The number of nitrogens with zero attached hydrogens (tertiary/aromatic N) is 3. The van der Waals surface area contributed by atoms with E-state index in [1.807, 2.05) is 0 Å². The van der Waals surface area contributed by atoms with Gasteiger partial charge in [0.1, 0.15) is 0 Å². The van der Waals surface area contributed by atoms with E-state index >= 15 is 0 Å². The third-order valence-corrected chi connectivity index (χ3v) is 9.11. The molecular formula is C20H31N3OSi. The molecule has 0 N–H and O–H groups in total. The summed E-state index contributed by atoms with van der Waals surface area (Å²) in [5.74, 6) is 0.744. The molecule has 0 aliphatic heterocycles. The van der Waals surface area contributed by atoms with Gasteiger partial charge in [0, 0.05) is 17.9 Å². The lowest BCUT2D eigenvalue weighted by Gasteiger charge is -2.37. The number of azide groups is 1. The highest BCUT2D eigenvalue weighted by atomic mass is 28.4. The van der Waals surface area contributed by atoms with Crippen LogP contribution in [0.4, 0.5) is 0 Å². The molecule has 0 bridgehead atoms. The molecule has 136 valence electrons. The number of aryl methyl sites for hydroxylation is 1. The van der Waals surface area contributed by atoms with Gasteiger partial charge in [-0.15, -0.1) is 0 Å². The zero-order chi connectivity index (χ0) is 19.1. The Hall–Kier alpha value is -1.97. The Morgan fingerprint density at radius 1 is 1.28 bits per heavy atom. The molecule has 1 rings (SSSR count). The molecule has 0 aromatic heterocycles. The van der Waals surface area contributed by atoms with Gasteiger partial charge < -0.3 is 4.43 Å². The fraction of sp³-hybridized carbons (Fsp3) is 0.500. The average molecular weight is 358 g/mol. The van der Waals surface area contributed by atoms with Crippen molar-refractivity contribution in [1.29, 1.82) is 0 Å². The van der Waals surface area contributed by atoms with Crippen LogP contribution in [0.15, 0.2) is 53.4 Å². The molecule has 0 saturated carbocycles. The lowest BCUT2D eigenvalue weighted by Crippen LogP contribution is -2.40. The molecule has 0 saturated heterocycles. The topological polar surface area (TPSA) is 58.0 Å². The molecular weight excluding hydrogens is 326 g/mol. The standard InChI is InChI=1S/C20H31N3OSi/c1-16-10-12-18(13-11-16)15-19(9-8-14-22-23-21)17(2)24-25(6,7)20(3,4)5/h9-13H,2,8,14-15H2,1,3-7H3/b19-9+. The maximum absolute atomic E-state index is 8.45. The molecule has 1 aromatic carbocycles. The van der Waals surface area contributed by atoms with Gasteiger partial charge in [-0.3, -0.25) is 0 Å². The summed E-state index contributed by atoms with van der Waals surface area (Å²) in [5, 5.41) is 3.73. The van der Waals surface area contributed by atoms with Gasteiger partial charge in [-0.1, -0.05) is 68.4 Å². The predicted octanol–water partition coefficient (Wildman–Crippen LogP) is 6.70. The van der Waals surface area contributed by atoms with E-state index in [-0.39, 0.29) is 5.04 Å². The third-order valence-electron chi connectivity index (χ3n) is 4.74. The molecule has 0 aliphatic carbocycles. The summed E-state index contributed by atoms with van der Waals surface area (Å²) in [4.78, 5) is 2.81. The second-order valence-corrected chi connectivity index (χ2v) is 12.6. The maximum atomic E-state index is 8.45. The fourth-order valence-electron chi connectivity index (χ4n) is 2.08. The van der Waals surface area contributed by atoms with E-state index < -0.39 is 8.32 Å². The first-order valence-electron chi connectivity index (χ1n) is 8.70. The van der Waals surface area contributed by atoms with E-state index in [1.165, 1.54) is 11.1 Å². The van der Waals surface area contributed by atoms with Crippen LogP contribution in [0.2, 0.25) is 18.1 Å². The van der Waals surface area contributed by atoms with Gasteiger partial charge in [0.2, 0.25) is 8.32 Å². The second kappa shape index (κ2) is 8.93. The molecule has 5 heteroatoms. The van der Waals surface area contributed by atoms with E-state index in [0.29, 0.717) is 13.0 Å². The smallest absolute Gasteiger partial charge is 0.250 e. The molecule has 0 fully saturated rings. The van der Waals surface area contributed by atoms with Crippen LogP contribution in [-0.4, -0.2) is 14.9 Å². The molecule has 0 aliphatic rings. The van der Waals surface area contributed by atoms with Gasteiger partial charge in [-0.05, 0) is 48.1 Å². The van der Waals surface area contributed by atoms with Crippen LogP contribution < -0.4 is 0 Å². The van der Waals surface area contributed by atoms with Crippen molar-refractivity contribution in [3.8, 4) is 0 Å². The van der Waals surface area contributed by atoms with E-state index in [1.54, 1.807) is 0 Å². The summed E-state index contributed by atoms with van der Waals surface area (Å²) in [6.07, 6.45) is 3.54. The largest absolute Gasteiger partial charge is 0.544 e. The summed E-state index contributed by atoms with van der Waals surface area (Å²) >= 11 is 0. The normalized spacial score (nSPS) is 12.5. The van der Waals surface area contributed by atoms with Gasteiger partial charge in [0.15, 0.2) is 0 Å². The van der Waals surface area contributed by atoms with Gasteiger partial charge in [0.25, 0.3) is 0 Å². The van der Waals surface area contributed by atoms with Crippen LogP contribution in [-0.2, 0) is 10.8 Å². The summed E-state index contributed by atoms with van der Waals surface area (Å²) in [7, 11) is -1.93. The number of allylic oxidation sites excluding steroid dienone is 1. The van der Waals surface area contributed by atoms with Crippen molar-refractivity contribution in [2.75, 3.05) is 6.54 Å². The lowest BCUT2D eigenvalue weighted by molar-refractivity contribution is 0.393. The Balaban J connectivity index is 2.98. The minimum atomic E-state index is -1.93. The zero-order valence-electron chi connectivity index (χ0n) is 16.5. The summed E-state index contributed by atoms with van der Waals surface area (Å²) in [6.45, 7) is 17.8. The minimum Gasteiger partial charge on any atom is -0.544 e. The highest BCUT2D eigenvalue weighted by Gasteiger charge is 2.39. The van der Waals surface area contributed by atoms with Gasteiger partial charge >= 0.3 is 0 Å². The average Bonchev–Trinajstić information content (AvgIpc) is 2.50. The van der Waals surface area contributed by atoms with Crippen molar-refractivity contribution in [3.05, 3.63) is 69.8 Å². The Labute approximate surface area is 153 Å². The molecule has 0 amide bonds. The number of hydrogen-bond acceptors (Lipinski definition) is 2. The SMILES string of the molecule is C=C(O[Si](C)(C)C(C)(C)C)/C(=C/CCN=[N+]=[N-])Cc1ccc(C)cc1. The lowest BCUT2D eigenvalue weighted by atomic mass is 10.0. The van der Waals surface area contributed by atoms with Gasteiger partial charge in [-0.25, -0.2) is 0 Å². The first-order valence-corrected chi connectivity index (χ1v) is 11.6. The van der Waals surface area contributed by atoms with Crippen LogP contribution in [0.3, 0.4) is 0 Å². The van der Waals surface area contributed by atoms with Crippen LogP contribution >= 0.6 is 0 Å². The van der Waals surface area contributed by atoms with Crippen molar-refractivity contribution < 1.29 is 4.43 Å². The highest BCUT2D eigenvalue weighted by Crippen LogP contribution is 2.38. The molecule has 0 spiro atoms. The van der Waals surface area contributed by atoms with Gasteiger partial charge in [-0.2, -0.15) is 0 Å². The summed E-state index contributed by atoms with van der Waals surface area (Å²) < 4.78 is 6.39. The molecule has 1 aromatic rings. The van der Waals surface area contributed by atoms with E-state index in [2.05, 4.69) is 87.7 Å². The Morgan fingerprint density at radius 2 is 1.88 bits per heavy atom. The molecule has 25 heavy (non-hydrogen) atoms. The monoisotopic (exact) mass is 357 g/mol. The molecule has 0 heterocycles. The summed E-state index contributed by atoms with van der Waals surface area (Å²) in [6, 6.07) is 8.50. The van der Waals surface area contributed by atoms with Crippen LogP contribution in [0.1, 0.15) is 38.3 Å². The molecule has 0 unspecified atom stereocenters. The maximum Gasteiger partial charge on any atom is 0.250 e. The van der Waals surface area contributed by atoms with E-state index in [9.17, 15) is 0 Å². The first-order chi connectivity index (χ1) is 11.6. The Kier molecular flexibility index (Phi) is 7.52. The van der Waals surface area contributed by atoms with Crippen LogP contribution in [0.5, 0.6) is 0 Å². The number of rotatable bonds is 8. The van der Waals surface area contributed by atoms with Crippen molar-refractivity contribution in [1.82, 2.24) is 0 Å². The van der Waals surface area contributed by atoms with Crippen LogP contribution in [0.25, 0.3) is 10.4 Å². The van der Waals surface area contributed by atoms with E-state index in [0.717, 1.165) is 17.8 Å². The van der Waals surface area contributed by atoms with Crippen LogP contribution in [0, 0.1) is 6.92 Å². The third kappa shape index (κ3) is 6.81. The van der Waals surface area contributed by atoms with Gasteiger partial charge in [0.05, 0.1) is 5.76 Å². The number of hydrogen-bond donors (Lipinski definition) is 0. The first kappa shape index (κ1) is 21.1. The van der Waals surface area contributed by atoms with E-state index in [4.69, 9.17) is 9.96 Å². The molecule has 0 atom stereocenters. The molecule has 4 nitrogen and oxygen atoms in total. The minimum absolute atomic E-state index is 0.121. The predicted molar refractivity (Wildman–Crippen MR) is 109 cm³/mol. The van der Waals surface area contributed by atoms with Crippen molar-refractivity contribution >= 4 is 8.32 Å². The molecule has 0 radical (unpaired) electrons. The van der Waals surface area contributed by atoms with Crippen molar-refractivity contribution in [2.24, 2.45) is 5.11 Å². The summed E-state index contributed by atoms with van der Waals surface area (Å²) in [5.41, 5.74) is 12.0. The van der Waals surface area contributed by atoms with Crippen molar-refractivity contribution in [3.63, 3.8) is 0 Å².